The molecule has 1 unspecified atom stereocenters. The van der Waals surface area contributed by atoms with Crippen molar-refractivity contribution in [3.63, 3.8) is 0 Å². The van der Waals surface area contributed by atoms with Crippen LogP contribution in [0.15, 0.2) is 91.0 Å². The summed E-state index contributed by atoms with van der Waals surface area (Å²) in [6.07, 6.45) is -5.68. The van der Waals surface area contributed by atoms with Gasteiger partial charge in [-0.3, -0.25) is 4.79 Å². The van der Waals surface area contributed by atoms with Crippen molar-refractivity contribution in [3.05, 3.63) is 108 Å². The molecule has 0 spiro atoms. The number of alkyl carbamates (subject to hydrolysis) is 1. The number of fused-ring (bicyclic) bond motifs is 1. The maximum atomic E-state index is 13.1. The second-order valence-electron chi connectivity index (χ2n) is 10.6. The van der Waals surface area contributed by atoms with Crippen LogP contribution in [0.1, 0.15) is 29.9 Å². The monoisotopic (exact) mass is 620 g/mol. The average molecular weight is 621 g/mol. The van der Waals surface area contributed by atoms with Crippen LogP contribution in [0.5, 0.6) is 0 Å². The maximum absolute atomic E-state index is 13.1. The number of hydrogen-bond acceptors (Lipinski definition) is 10. The molecule has 2 aliphatic rings. The van der Waals surface area contributed by atoms with Gasteiger partial charge in [0.05, 0.1) is 13.2 Å². The van der Waals surface area contributed by atoms with Gasteiger partial charge in [0.1, 0.15) is 37.6 Å². The Labute approximate surface area is 260 Å². The van der Waals surface area contributed by atoms with E-state index in [9.17, 15) is 19.5 Å². The maximum Gasteiger partial charge on any atom is 0.408 e. The van der Waals surface area contributed by atoms with Crippen LogP contribution < -0.4 is 10.6 Å². The number of aliphatic hydroxyl groups is 1. The van der Waals surface area contributed by atoms with Crippen molar-refractivity contribution in [1.82, 2.24) is 10.6 Å². The highest BCUT2D eigenvalue weighted by molar-refractivity contribution is 5.81. The number of aliphatic hydroxyl groups excluding tert-OH is 1. The first-order valence-corrected chi connectivity index (χ1v) is 14.6. The molecule has 0 aromatic heterocycles. The summed E-state index contributed by atoms with van der Waals surface area (Å²) in [5.41, 5.74) is 2.27. The molecule has 238 valence electrons. The van der Waals surface area contributed by atoms with Gasteiger partial charge in [-0.2, -0.15) is 0 Å². The number of nitrogens with one attached hydrogen (secondary N) is 2. The lowest BCUT2D eigenvalue weighted by atomic mass is 9.95. The molecular weight excluding hydrogens is 584 g/mol. The summed E-state index contributed by atoms with van der Waals surface area (Å²) < 4.78 is 34.7. The highest BCUT2D eigenvalue weighted by atomic mass is 16.7. The van der Waals surface area contributed by atoms with Crippen molar-refractivity contribution in [2.24, 2.45) is 0 Å². The number of carbonyl (C=O) groups excluding carboxylic acids is 3. The Hall–Kier alpha value is -4.33. The van der Waals surface area contributed by atoms with E-state index in [0.29, 0.717) is 0 Å². The first-order chi connectivity index (χ1) is 21.9. The molecule has 7 atom stereocenters. The second kappa shape index (κ2) is 15.6. The minimum Gasteiger partial charge on any atom is -0.459 e. The van der Waals surface area contributed by atoms with Crippen molar-refractivity contribution in [2.75, 3.05) is 13.2 Å². The van der Waals surface area contributed by atoms with Crippen LogP contribution in [0.4, 0.5) is 4.79 Å². The van der Waals surface area contributed by atoms with Gasteiger partial charge in [0.25, 0.3) is 0 Å². The molecular formula is C33H36N2O10. The number of carbonyl (C=O) groups is 3. The van der Waals surface area contributed by atoms with Gasteiger partial charge in [-0.25, -0.2) is 9.59 Å². The van der Waals surface area contributed by atoms with Crippen molar-refractivity contribution in [2.45, 2.75) is 63.1 Å². The van der Waals surface area contributed by atoms with Gasteiger partial charge in [-0.15, -0.1) is 0 Å². The lowest BCUT2D eigenvalue weighted by Gasteiger charge is -2.47. The summed E-state index contributed by atoms with van der Waals surface area (Å²) in [7, 11) is 0. The van der Waals surface area contributed by atoms with Gasteiger partial charge >= 0.3 is 12.1 Å². The quantitative estimate of drug-likeness (QED) is 0.273. The molecule has 3 N–H and O–H groups in total. The third-order valence-electron chi connectivity index (χ3n) is 7.25. The van der Waals surface area contributed by atoms with Crippen LogP contribution in [0.2, 0.25) is 0 Å². The number of benzene rings is 3. The summed E-state index contributed by atoms with van der Waals surface area (Å²) >= 11 is 0. The zero-order valence-corrected chi connectivity index (χ0v) is 24.7. The van der Waals surface area contributed by atoms with E-state index in [1.807, 2.05) is 66.7 Å². The van der Waals surface area contributed by atoms with Gasteiger partial charge in [-0.05, 0) is 11.1 Å². The van der Waals surface area contributed by atoms with Crippen molar-refractivity contribution in [3.8, 4) is 0 Å². The lowest BCUT2D eigenvalue weighted by Crippen LogP contribution is -2.67. The highest BCUT2D eigenvalue weighted by Crippen LogP contribution is 2.34. The molecule has 2 saturated heterocycles. The van der Waals surface area contributed by atoms with Crippen LogP contribution in [0.25, 0.3) is 0 Å². The smallest absolute Gasteiger partial charge is 0.408 e. The van der Waals surface area contributed by atoms with Crippen molar-refractivity contribution in [1.29, 1.82) is 0 Å². The van der Waals surface area contributed by atoms with Crippen LogP contribution in [-0.4, -0.2) is 73.0 Å². The molecule has 3 aromatic carbocycles. The fourth-order valence-electron chi connectivity index (χ4n) is 5.00. The summed E-state index contributed by atoms with van der Waals surface area (Å²) in [6, 6.07) is 25.0. The Morgan fingerprint density at radius 2 is 1.47 bits per heavy atom. The average Bonchev–Trinajstić information content (AvgIpc) is 3.07. The van der Waals surface area contributed by atoms with Crippen LogP contribution >= 0.6 is 0 Å². The molecule has 12 nitrogen and oxygen atoms in total. The molecule has 0 bridgehead atoms. The highest BCUT2D eigenvalue weighted by Gasteiger charge is 2.50. The van der Waals surface area contributed by atoms with E-state index in [4.69, 9.17) is 28.4 Å². The predicted octanol–water partition coefficient (Wildman–Crippen LogP) is 2.75. The van der Waals surface area contributed by atoms with E-state index in [1.165, 1.54) is 6.92 Å². The fraction of sp³-hybridized carbons (Fsp3) is 0.364. The topological polar surface area (TPSA) is 151 Å². The molecule has 2 aliphatic heterocycles. The third kappa shape index (κ3) is 8.87. The van der Waals surface area contributed by atoms with E-state index in [-0.39, 0.29) is 19.8 Å². The van der Waals surface area contributed by atoms with Gasteiger partial charge in [0.15, 0.2) is 18.6 Å². The molecule has 0 aliphatic carbocycles. The van der Waals surface area contributed by atoms with Gasteiger partial charge in [0.2, 0.25) is 5.91 Å². The van der Waals surface area contributed by atoms with Crippen molar-refractivity contribution >= 4 is 18.0 Å². The Morgan fingerprint density at radius 3 is 2.09 bits per heavy atom. The number of hydrogen-bond donors (Lipinski definition) is 3. The third-order valence-corrected chi connectivity index (χ3v) is 7.25. The number of amides is 2. The number of ether oxygens (including phenoxy) is 6. The number of esters is 1. The first kappa shape index (κ1) is 32.1. The molecule has 45 heavy (non-hydrogen) atoms. The second-order valence-corrected chi connectivity index (χ2v) is 10.6. The van der Waals surface area contributed by atoms with E-state index < -0.39 is 67.6 Å². The lowest BCUT2D eigenvalue weighted by molar-refractivity contribution is -0.344. The summed E-state index contributed by atoms with van der Waals surface area (Å²) in [6.45, 7) is 0.884. The Morgan fingerprint density at radius 1 is 0.867 bits per heavy atom. The van der Waals surface area contributed by atoms with E-state index >= 15 is 0 Å². The Bertz CT molecular complexity index is 1390. The van der Waals surface area contributed by atoms with E-state index in [0.717, 1.165) is 16.7 Å². The molecule has 12 heteroatoms. The zero-order chi connectivity index (χ0) is 31.6. The van der Waals surface area contributed by atoms with Gasteiger partial charge in [-0.1, -0.05) is 91.0 Å². The summed E-state index contributed by atoms with van der Waals surface area (Å²) in [5, 5.41) is 16.5. The minimum atomic E-state index is -1.31. The summed E-state index contributed by atoms with van der Waals surface area (Å²) in [5.74, 6) is -1.22. The molecule has 3 aromatic rings. The normalized spacial score (nSPS) is 24.8. The zero-order valence-electron chi connectivity index (χ0n) is 24.7. The SMILES string of the molecule is CC(=O)N[C@H]1[C@@H](OC[C@H](NC(=O)OCc2ccccc2)C(=O)OCc2ccccc2)O[C@@H]2COC(c3ccccc3)O[C@@H]2[C@@H]1O. The largest absolute Gasteiger partial charge is 0.459 e. The number of rotatable bonds is 11. The van der Waals surface area contributed by atoms with E-state index in [1.54, 1.807) is 24.3 Å². The predicted molar refractivity (Wildman–Crippen MR) is 158 cm³/mol. The van der Waals surface area contributed by atoms with Crippen LogP contribution in [0.3, 0.4) is 0 Å². The molecule has 2 heterocycles. The Kier molecular flexibility index (Phi) is 11.1. The first-order valence-electron chi connectivity index (χ1n) is 14.6. The Balaban J connectivity index is 1.25. The van der Waals surface area contributed by atoms with E-state index in [2.05, 4.69) is 10.6 Å². The van der Waals surface area contributed by atoms with Crippen molar-refractivity contribution < 1.29 is 47.9 Å². The van der Waals surface area contributed by atoms with Gasteiger partial charge < -0.3 is 44.2 Å². The van der Waals surface area contributed by atoms with Crippen LogP contribution in [0, 0.1) is 0 Å². The minimum absolute atomic E-state index is 0.0190. The molecule has 5 rings (SSSR count). The molecule has 0 saturated carbocycles. The molecule has 0 radical (unpaired) electrons. The fourth-order valence-corrected chi connectivity index (χ4v) is 5.00. The van der Waals surface area contributed by atoms with Gasteiger partial charge in [0, 0.05) is 12.5 Å². The standard InChI is InChI=1S/C33H36N2O10/c1-21(36)34-27-28(37)29-26(20-42-31(45-29)24-15-9-4-10-16-24)44-32(27)41-19-25(30(38)40-17-22-11-5-2-6-12-22)35-33(39)43-18-23-13-7-3-8-14-23/h2-16,25-29,31-32,37H,17-20H2,1H3,(H,34,36)(H,35,39)/t25-,26+,27+,28+,29-,31?,32-/m0/s1. The van der Waals surface area contributed by atoms with Crippen LogP contribution in [-0.2, 0) is 51.2 Å². The summed E-state index contributed by atoms with van der Waals surface area (Å²) in [4.78, 5) is 37.9. The molecule has 2 amide bonds. The molecule has 2 fully saturated rings.